The van der Waals surface area contributed by atoms with Gasteiger partial charge in [0.1, 0.15) is 0 Å². The molecule has 0 saturated heterocycles. The highest BCUT2D eigenvalue weighted by Gasteiger charge is 2.20. The van der Waals surface area contributed by atoms with Gasteiger partial charge in [0.05, 0.1) is 0 Å². The van der Waals surface area contributed by atoms with Gasteiger partial charge in [-0.05, 0) is 58.1 Å². The topological polar surface area (TPSA) is 21.3 Å². The molecule has 20 heavy (non-hydrogen) atoms. The minimum absolute atomic E-state index is 0.164. The van der Waals surface area contributed by atoms with Crippen LogP contribution in [0, 0.1) is 18.8 Å². The van der Waals surface area contributed by atoms with Crippen molar-refractivity contribution in [2.24, 2.45) is 11.8 Å². The van der Waals surface area contributed by atoms with Crippen LogP contribution in [0.2, 0.25) is 0 Å². The molecule has 0 radical (unpaired) electrons. The zero-order valence-corrected chi connectivity index (χ0v) is 14.0. The Hall–Kier alpha value is -0.860. The van der Waals surface area contributed by atoms with Gasteiger partial charge < -0.3 is 10.1 Å². The monoisotopic (exact) mass is 277 g/mol. The molecular weight excluding hydrogens is 246 g/mol. The Morgan fingerprint density at radius 2 is 1.95 bits per heavy atom. The molecule has 1 aromatic carbocycles. The summed E-state index contributed by atoms with van der Waals surface area (Å²) in [6, 6.07) is 8.84. The zero-order valence-electron chi connectivity index (χ0n) is 14.0. The molecule has 2 heteroatoms. The van der Waals surface area contributed by atoms with Crippen LogP contribution in [0.15, 0.2) is 24.3 Å². The van der Waals surface area contributed by atoms with Gasteiger partial charge in [-0.1, -0.05) is 36.8 Å². The van der Waals surface area contributed by atoms with Crippen LogP contribution in [-0.2, 0) is 11.2 Å². The molecule has 0 saturated carbocycles. The Morgan fingerprint density at radius 1 is 1.25 bits per heavy atom. The molecule has 0 aliphatic heterocycles. The molecule has 0 aliphatic rings. The van der Waals surface area contributed by atoms with Crippen LogP contribution in [-0.4, -0.2) is 25.8 Å². The van der Waals surface area contributed by atoms with Crippen LogP contribution in [0.25, 0.3) is 0 Å². The summed E-state index contributed by atoms with van der Waals surface area (Å²) in [6.45, 7) is 13.0. The molecule has 2 unspecified atom stereocenters. The Labute approximate surface area is 124 Å². The van der Waals surface area contributed by atoms with Crippen molar-refractivity contribution in [2.75, 3.05) is 20.3 Å². The molecule has 0 aliphatic carbocycles. The van der Waals surface area contributed by atoms with E-state index in [1.165, 1.54) is 11.1 Å². The van der Waals surface area contributed by atoms with Crippen LogP contribution in [0.5, 0.6) is 0 Å². The predicted molar refractivity (Wildman–Crippen MR) is 87.2 cm³/mol. The summed E-state index contributed by atoms with van der Waals surface area (Å²) in [6.07, 6.45) is 1.11. The summed E-state index contributed by atoms with van der Waals surface area (Å²) in [5, 5.41) is 3.64. The van der Waals surface area contributed by atoms with Gasteiger partial charge in [-0.2, -0.15) is 0 Å². The van der Waals surface area contributed by atoms with Crippen molar-refractivity contribution in [2.45, 2.75) is 46.6 Å². The van der Waals surface area contributed by atoms with Gasteiger partial charge in [-0.15, -0.1) is 0 Å². The highest BCUT2D eigenvalue weighted by Crippen LogP contribution is 2.19. The summed E-state index contributed by atoms with van der Waals surface area (Å²) in [5.41, 5.74) is 2.93. The van der Waals surface area contributed by atoms with Gasteiger partial charge in [0.25, 0.3) is 0 Å². The number of hydrogen-bond acceptors (Lipinski definition) is 2. The Morgan fingerprint density at radius 3 is 2.50 bits per heavy atom. The molecule has 0 spiro atoms. The third-order valence-corrected chi connectivity index (χ3v) is 3.71. The highest BCUT2D eigenvalue weighted by atomic mass is 16.5. The van der Waals surface area contributed by atoms with Gasteiger partial charge in [0, 0.05) is 19.3 Å². The number of methoxy groups -OCH3 is 1. The maximum Gasteiger partial charge on any atom is 0.0491 e. The van der Waals surface area contributed by atoms with E-state index in [1.807, 2.05) is 0 Å². The maximum absolute atomic E-state index is 5.35. The quantitative estimate of drug-likeness (QED) is 0.818. The van der Waals surface area contributed by atoms with Crippen molar-refractivity contribution in [3.63, 3.8) is 0 Å². The molecule has 0 fully saturated rings. The highest BCUT2D eigenvalue weighted by molar-refractivity contribution is 5.22. The first-order chi connectivity index (χ1) is 9.31. The molecule has 114 valence electrons. The summed E-state index contributed by atoms with van der Waals surface area (Å²) < 4.78 is 5.35. The van der Waals surface area contributed by atoms with Crippen molar-refractivity contribution in [3.05, 3.63) is 35.4 Å². The van der Waals surface area contributed by atoms with Crippen molar-refractivity contribution >= 4 is 0 Å². The van der Waals surface area contributed by atoms with Crippen LogP contribution in [0.4, 0.5) is 0 Å². The normalized spacial score (nSPS) is 15.1. The molecular formula is C18H31NO. The fourth-order valence-corrected chi connectivity index (χ4v) is 2.45. The lowest BCUT2D eigenvalue weighted by atomic mass is 9.87. The standard InChI is InChI=1S/C18H31NO/c1-14-8-7-9-16(10-14)11-17(15(2)13-20-6)12-19-18(3,4)5/h7-10,15,17,19H,11-13H2,1-6H3. The van der Waals surface area contributed by atoms with Crippen LogP contribution in [0.1, 0.15) is 38.8 Å². The number of benzene rings is 1. The SMILES string of the molecule is COCC(C)C(CNC(C)(C)C)Cc1cccc(C)c1. The van der Waals surface area contributed by atoms with E-state index in [-0.39, 0.29) is 5.54 Å². The Bertz CT molecular complexity index is 395. The third-order valence-electron chi connectivity index (χ3n) is 3.71. The fourth-order valence-electron chi connectivity index (χ4n) is 2.45. The lowest BCUT2D eigenvalue weighted by Crippen LogP contribution is -2.41. The van der Waals surface area contributed by atoms with Crippen molar-refractivity contribution < 1.29 is 4.74 Å². The first-order valence-electron chi connectivity index (χ1n) is 7.61. The molecule has 0 bridgehead atoms. The lowest BCUT2D eigenvalue weighted by molar-refractivity contribution is 0.125. The minimum Gasteiger partial charge on any atom is -0.384 e. The molecule has 0 amide bonds. The predicted octanol–water partition coefficient (Wildman–Crippen LogP) is 3.82. The first-order valence-corrected chi connectivity index (χ1v) is 7.61. The van der Waals surface area contributed by atoms with E-state index in [0.29, 0.717) is 11.8 Å². The number of hydrogen-bond donors (Lipinski definition) is 1. The van der Waals surface area contributed by atoms with Gasteiger partial charge in [0.15, 0.2) is 0 Å². The van der Waals surface area contributed by atoms with Crippen molar-refractivity contribution in [3.8, 4) is 0 Å². The van der Waals surface area contributed by atoms with Crippen molar-refractivity contribution in [1.82, 2.24) is 5.32 Å². The molecule has 0 heterocycles. The molecule has 1 N–H and O–H groups in total. The van der Waals surface area contributed by atoms with Crippen LogP contribution < -0.4 is 5.32 Å². The summed E-state index contributed by atoms with van der Waals surface area (Å²) in [5.74, 6) is 1.14. The molecule has 0 aromatic heterocycles. The molecule has 1 aromatic rings. The van der Waals surface area contributed by atoms with Crippen LogP contribution in [0.3, 0.4) is 0 Å². The van der Waals surface area contributed by atoms with E-state index in [9.17, 15) is 0 Å². The van der Waals surface area contributed by atoms with Crippen LogP contribution >= 0.6 is 0 Å². The maximum atomic E-state index is 5.35. The van der Waals surface area contributed by atoms with Crippen molar-refractivity contribution in [1.29, 1.82) is 0 Å². The zero-order chi connectivity index (χ0) is 15.2. The smallest absolute Gasteiger partial charge is 0.0491 e. The van der Waals surface area contributed by atoms with Gasteiger partial charge in [-0.25, -0.2) is 0 Å². The average molecular weight is 277 g/mol. The largest absolute Gasteiger partial charge is 0.384 e. The van der Waals surface area contributed by atoms with E-state index < -0.39 is 0 Å². The van der Waals surface area contributed by atoms with E-state index in [1.54, 1.807) is 7.11 Å². The van der Waals surface area contributed by atoms with E-state index in [0.717, 1.165) is 19.6 Å². The summed E-state index contributed by atoms with van der Waals surface area (Å²) in [4.78, 5) is 0. The van der Waals surface area contributed by atoms with E-state index in [4.69, 9.17) is 4.74 Å². The second-order valence-corrected chi connectivity index (χ2v) is 7.02. The molecule has 2 nitrogen and oxygen atoms in total. The second kappa shape index (κ2) is 7.80. The fraction of sp³-hybridized carbons (Fsp3) is 0.667. The third kappa shape index (κ3) is 6.53. The lowest BCUT2D eigenvalue weighted by Gasteiger charge is -2.29. The summed E-state index contributed by atoms with van der Waals surface area (Å²) in [7, 11) is 1.79. The summed E-state index contributed by atoms with van der Waals surface area (Å²) >= 11 is 0. The average Bonchev–Trinajstić information content (AvgIpc) is 2.33. The van der Waals surface area contributed by atoms with E-state index in [2.05, 4.69) is 64.2 Å². The number of nitrogens with one attached hydrogen (secondary N) is 1. The first kappa shape index (κ1) is 17.2. The van der Waals surface area contributed by atoms with Gasteiger partial charge >= 0.3 is 0 Å². The minimum atomic E-state index is 0.164. The Balaban J connectivity index is 2.71. The van der Waals surface area contributed by atoms with Gasteiger partial charge in [-0.3, -0.25) is 0 Å². The second-order valence-electron chi connectivity index (χ2n) is 7.02. The molecule has 2 atom stereocenters. The van der Waals surface area contributed by atoms with E-state index >= 15 is 0 Å². The number of aryl methyl sites for hydroxylation is 1. The molecule has 1 rings (SSSR count). The number of ether oxygens (including phenoxy) is 1. The Kier molecular flexibility index (Phi) is 6.70. The number of rotatable bonds is 7. The van der Waals surface area contributed by atoms with Gasteiger partial charge in [0.2, 0.25) is 0 Å².